The van der Waals surface area contributed by atoms with Crippen LogP contribution in [0.2, 0.25) is 0 Å². The Morgan fingerprint density at radius 2 is 2.18 bits per heavy atom. The van der Waals surface area contributed by atoms with E-state index in [-0.39, 0.29) is 11.6 Å². The van der Waals surface area contributed by atoms with Crippen LogP contribution in [0.5, 0.6) is 0 Å². The van der Waals surface area contributed by atoms with Crippen molar-refractivity contribution >= 4 is 23.6 Å². The molecule has 0 aliphatic carbocycles. The van der Waals surface area contributed by atoms with E-state index >= 15 is 0 Å². The highest BCUT2D eigenvalue weighted by Crippen LogP contribution is 2.21. The van der Waals surface area contributed by atoms with Crippen molar-refractivity contribution in [3.8, 4) is 11.4 Å². The maximum absolute atomic E-state index is 11.7. The summed E-state index contributed by atoms with van der Waals surface area (Å²) in [7, 11) is 0. The lowest BCUT2D eigenvalue weighted by molar-refractivity contribution is 0.0995. The second-order valence-corrected chi connectivity index (χ2v) is 4.80. The Balaban J connectivity index is 2.65. The Labute approximate surface area is 133 Å². The summed E-state index contributed by atoms with van der Waals surface area (Å²) in [5.74, 6) is -0.141. The van der Waals surface area contributed by atoms with Crippen molar-refractivity contribution in [2.24, 2.45) is 5.73 Å². The van der Waals surface area contributed by atoms with Crippen molar-refractivity contribution in [1.29, 1.82) is 0 Å². The van der Waals surface area contributed by atoms with E-state index in [1.807, 2.05) is 19.1 Å². The first-order chi connectivity index (χ1) is 10.6. The lowest BCUT2D eigenvalue weighted by Crippen LogP contribution is -2.17. The zero-order valence-corrected chi connectivity index (χ0v) is 12.8. The minimum atomic E-state index is -0.640. The van der Waals surface area contributed by atoms with E-state index in [0.29, 0.717) is 22.6 Å². The number of hydrogen-bond acceptors (Lipinski definition) is 4. The normalized spacial score (nSPS) is 10.8. The van der Waals surface area contributed by atoms with Gasteiger partial charge in [-0.1, -0.05) is 24.8 Å². The summed E-state index contributed by atoms with van der Waals surface area (Å²) in [6.45, 7) is 5.48. The molecule has 0 aromatic carbocycles. The molecule has 0 unspecified atom stereocenters. The Morgan fingerprint density at radius 3 is 2.73 bits per heavy atom. The highest BCUT2D eigenvalue weighted by Gasteiger charge is 2.16. The van der Waals surface area contributed by atoms with E-state index in [9.17, 15) is 4.79 Å². The molecule has 1 amide bonds. The van der Waals surface area contributed by atoms with E-state index in [4.69, 9.17) is 17.3 Å². The monoisotopic (exact) mass is 314 g/mol. The average Bonchev–Trinajstić information content (AvgIpc) is 2.52. The molecule has 112 valence electrons. The smallest absolute Gasteiger partial charge is 0.268 e. The van der Waals surface area contributed by atoms with Crippen molar-refractivity contribution in [3.63, 3.8) is 0 Å². The number of pyridine rings is 1. The second kappa shape index (κ2) is 6.95. The minimum Gasteiger partial charge on any atom is -0.364 e. The Bertz CT molecular complexity index is 739. The largest absolute Gasteiger partial charge is 0.364 e. The van der Waals surface area contributed by atoms with E-state index in [1.54, 1.807) is 24.4 Å². The summed E-state index contributed by atoms with van der Waals surface area (Å²) in [5.41, 5.74) is 8.16. The molecule has 0 aliphatic rings. The summed E-state index contributed by atoms with van der Waals surface area (Å²) in [6.07, 6.45) is 6.57. The molecule has 6 heteroatoms. The summed E-state index contributed by atoms with van der Waals surface area (Å²) < 4.78 is 0. The lowest BCUT2D eigenvalue weighted by atomic mass is 10.1. The molecule has 0 fully saturated rings. The van der Waals surface area contributed by atoms with Crippen LogP contribution in [0.1, 0.15) is 27.4 Å². The van der Waals surface area contributed by atoms with Gasteiger partial charge in [0.2, 0.25) is 0 Å². The molecule has 2 N–H and O–H groups in total. The fraction of sp³-hybridized carbons (Fsp3) is 0.125. The van der Waals surface area contributed by atoms with Crippen molar-refractivity contribution in [1.82, 2.24) is 15.0 Å². The molecule has 0 radical (unpaired) electrons. The predicted molar refractivity (Wildman–Crippen MR) is 87.3 cm³/mol. The Kier molecular flexibility index (Phi) is 5.01. The first kappa shape index (κ1) is 15.9. The molecule has 0 bridgehead atoms. The van der Waals surface area contributed by atoms with E-state index in [0.717, 1.165) is 5.69 Å². The number of carbonyl (C=O) groups excluding carboxylic acids is 1. The van der Waals surface area contributed by atoms with Crippen molar-refractivity contribution in [3.05, 3.63) is 59.7 Å². The van der Waals surface area contributed by atoms with Crippen LogP contribution in [0.25, 0.3) is 17.5 Å². The molecule has 0 atom stereocenters. The minimum absolute atomic E-state index is 0.124. The number of primary amides is 1. The van der Waals surface area contributed by atoms with Gasteiger partial charge in [0.05, 0.1) is 11.6 Å². The molecule has 5 nitrogen and oxygen atoms in total. The predicted octanol–water partition coefficient (Wildman–Crippen LogP) is 2.88. The van der Waals surface area contributed by atoms with Gasteiger partial charge < -0.3 is 5.73 Å². The molecule has 2 aromatic heterocycles. The van der Waals surface area contributed by atoms with Gasteiger partial charge in [-0.2, -0.15) is 0 Å². The Morgan fingerprint density at radius 1 is 1.41 bits per heavy atom. The number of allylic oxidation sites excluding steroid dienone is 2. The maximum atomic E-state index is 11.7. The van der Waals surface area contributed by atoms with Crippen LogP contribution < -0.4 is 5.73 Å². The molecule has 2 rings (SSSR count). The first-order valence-corrected chi connectivity index (χ1v) is 7.09. The highest BCUT2D eigenvalue weighted by atomic mass is 35.5. The summed E-state index contributed by atoms with van der Waals surface area (Å²) in [4.78, 5) is 24.6. The van der Waals surface area contributed by atoms with Crippen LogP contribution in [-0.4, -0.2) is 20.9 Å². The Hall–Kier alpha value is -2.53. The quantitative estimate of drug-likeness (QED) is 0.679. The zero-order valence-electron chi connectivity index (χ0n) is 12.1. The molecule has 22 heavy (non-hydrogen) atoms. The fourth-order valence-corrected chi connectivity index (χ4v) is 2.08. The first-order valence-electron chi connectivity index (χ1n) is 6.55. The summed E-state index contributed by atoms with van der Waals surface area (Å²) in [5, 5.41) is 0. The van der Waals surface area contributed by atoms with Gasteiger partial charge in [0.25, 0.3) is 5.91 Å². The second-order valence-electron chi connectivity index (χ2n) is 4.54. The van der Waals surface area contributed by atoms with Gasteiger partial charge in [-0.25, -0.2) is 9.97 Å². The number of hydrogen-bond donors (Lipinski definition) is 1. The molecule has 0 spiro atoms. The van der Waals surface area contributed by atoms with E-state index in [2.05, 4.69) is 21.5 Å². The van der Waals surface area contributed by atoms with Crippen molar-refractivity contribution in [2.75, 3.05) is 0 Å². The number of carbonyl (C=O) groups is 1. The van der Waals surface area contributed by atoms with Crippen molar-refractivity contribution < 1.29 is 4.79 Å². The van der Waals surface area contributed by atoms with Gasteiger partial charge in [-0.3, -0.25) is 9.78 Å². The van der Waals surface area contributed by atoms with Gasteiger partial charge in [-0.05, 0) is 19.1 Å². The number of rotatable bonds is 5. The number of nitrogens with zero attached hydrogens (tertiary/aromatic N) is 3. The summed E-state index contributed by atoms with van der Waals surface area (Å²) >= 11 is 5.95. The van der Waals surface area contributed by atoms with Crippen LogP contribution in [-0.2, 0) is 5.88 Å². The van der Waals surface area contributed by atoms with Gasteiger partial charge in [0, 0.05) is 23.0 Å². The SMILES string of the molecule is C=C/C=C\c1c(CCl)nc(-c2ccc(C)nc2)nc1C(N)=O. The highest BCUT2D eigenvalue weighted by molar-refractivity contribution is 6.17. The standard InChI is InChI=1S/C16H15ClN4O/c1-3-4-5-12-13(8-17)20-16(21-14(12)15(18)22)11-7-6-10(2)19-9-11/h3-7,9H,1,8H2,2H3,(H2,18,22)/b5-4-. The van der Waals surface area contributed by atoms with Crippen LogP contribution in [0.4, 0.5) is 0 Å². The third kappa shape index (κ3) is 3.38. The van der Waals surface area contributed by atoms with Gasteiger partial charge in [0.1, 0.15) is 5.69 Å². The number of nitrogens with two attached hydrogens (primary N) is 1. The van der Waals surface area contributed by atoms with Crippen LogP contribution in [0.15, 0.2) is 37.1 Å². The number of halogens is 1. The number of aryl methyl sites for hydroxylation is 1. The van der Waals surface area contributed by atoms with Crippen LogP contribution in [0.3, 0.4) is 0 Å². The van der Waals surface area contributed by atoms with Crippen molar-refractivity contribution in [2.45, 2.75) is 12.8 Å². The number of aromatic nitrogens is 3. The van der Waals surface area contributed by atoms with Gasteiger partial charge in [0.15, 0.2) is 5.82 Å². The molecule has 0 saturated heterocycles. The number of alkyl halides is 1. The molecular weight excluding hydrogens is 300 g/mol. The summed E-state index contributed by atoms with van der Waals surface area (Å²) in [6, 6.07) is 3.67. The third-order valence-corrected chi connectivity index (χ3v) is 3.21. The van der Waals surface area contributed by atoms with E-state index < -0.39 is 5.91 Å². The third-order valence-electron chi connectivity index (χ3n) is 2.95. The van der Waals surface area contributed by atoms with Crippen LogP contribution >= 0.6 is 11.6 Å². The number of amides is 1. The van der Waals surface area contributed by atoms with Gasteiger partial charge in [-0.15, -0.1) is 11.6 Å². The van der Waals surface area contributed by atoms with E-state index in [1.165, 1.54) is 0 Å². The lowest BCUT2D eigenvalue weighted by Gasteiger charge is -2.09. The molecular formula is C16H15ClN4O. The topological polar surface area (TPSA) is 81.8 Å². The molecule has 0 saturated carbocycles. The average molecular weight is 315 g/mol. The fourth-order valence-electron chi connectivity index (χ4n) is 1.87. The van der Waals surface area contributed by atoms with Crippen LogP contribution in [0, 0.1) is 6.92 Å². The zero-order chi connectivity index (χ0) is 16.1. The molecule has 2 aromatic rings. The molecule has 0 aliphatic heterocycles. The van der Waals surface area contributed by atoms with Gasteiger partial charge >= 0.3 is 0 Å². The maximum Gasteiger partial charge on any atom is 0.268 e. The molecule has 2 heterocycles.